The first-order chi connectivity index (χ1) is 32.8. The first kappa shape index (κ1) is 48.9. The van der Waals surface area contributed by atoms with Gasteiger partial charge in [0.05, 0.1) is 22.5 Å². The monoisotopic (exact) mass is 907 g/mol. The molecule has 8 nitrogen and oxygen atoms in total. The number of Topliss-reactive ketones (excluding diaryl/α,β-unsaturated/α-hetero) is 1. The van der Waals surface area contributed by atoms with Crippen LogP contribution in [0.5, 0.6) is 0 Å². The van der Waals surface area contributed by atoms with E-state index in [4.69, 9.17) is 4.99 Å². The lowest BCUT2D eigenvalue weighted by Crippen LogP contribution is -2.28. The number of allylic oxidation sites excluding steroid dienone is 6. The lowest BCUT2D eigenvalue weighted by molar-refractivity contribution is -0.122. The van der Waals surface area contributed by atoms with Gasteiger partial charge >= 0.3 is 0 Å². The molecule has 0 bridgehead atoms. The highest BCUT2D eigenvalue weighted by Gasteiger charge is 2.40. The van der Waals surface area contributed by atoms with Crippen LogP contribution in [0.15, 0.2) is 161 Å². The third-order valence-corrected chi connectivity index (χ3v) is 13.1. The van der Waals surface area contributed by atoms with E-state index in [-0.39, 0.29) is 40.6 Å². The topological polar surface area (TPSA) is 102 Å². The molecule has 350 valence electrons. The van der Waals surface area contributed by atoms with Gasteiger partial charge in [0.15, 0.2) is 0 Å². The second-order valence-corrected chi connectivity index (χ2v) is 18.3. The van der Waals surface area contributed by atoms with Crippen molar-refractivity contribution >= 4 is 63.0 Å². The van der Waals surface area contributed by atoms with E-state index < -0.39 is 5.78 Å². The van der Waals surface area contributed by atoms with Crippen LogP contribution in [-0.4, -0.2) is 28.4 Å². The van der Waals surface area contributed by atoms with Crippen molar-refractivity contribution in [3.05, 3.63) is 184 Å². The minimum atomic E-state index is -0.402. The molecule has 5 aromatic rings. The van der Waals surface area contributed by atoms with Crippen molar-refractivity contribution in [3.63, 3.8) is 0 Å². The fraction of sp³-hybridized carbons (Fsp3) is 0.300. The van der Waals surface area contributed by atoms with Crippen molar-refractivity contribution in [2.45, 2.75) is 107 Å². The van der Waals surface area contributed by atoms with Crippen molar-refractivity contribution in [1.29, 1.82) is 0 Å². The van der Waals surface area contributed by atoms with Crippen molar-refractivity contribution in [2.24, 2.45) is 16.8 Å². The fourth-order valence-corrected chi connectivity index (χ4v) is 8.90. The van der Waals surface area contributed by atoms with Crippen LogP contribution >= 0.6 is 0 Å². The van der Waals surface area contributed by atoms with Crippen molar-refractivity contribution in [3.8, 4) is 0 Å². The van der Waals surface area contributed by atoms with Crippen LogP contribution in [0.1, 0.15) is 107 Å². The van der Waals surface area contributed by atoms with Crippen LogP contribution in [0.4, 0.5) is 34.1 Å². The van der Waals surface area contributed by atoms with Gasteiger partial charge in [-0.1, -0.05) is 124 Å². The van der Waals surface area contributed by atoms with Gasteiger partial charge in [-0.05, 0) is 138 Å². The van der Waals surface area contributed by atoms with Crippen LogP contribution < -0.4 is 15.1 Å². The number of aliphatic hydroxyl groups is 1. The Morgan fingerprint density at radius 2 is 1.04 bits per heavy atom. The Bertz CT molecular complexity index is 2700. The minimum Gasteiger partial charge on any atom is -0.506 e. The summed E-state index contributed by atoms with van der Waals surface area (Å²) in [5.41, 5.74) is 11.4. The maximum absolute atomic E-state index is 14.8. The fourth-order valence-electron chi connectivity index (χ4n) is 8.90. The lowest BCUT2D eigenvalue weighted by Gasteiger charge is -2.31. The van der Waals surface area contributed by atoms with Gasteiger partial charge in [0, 0.05) is 57.1 Å². The molecule has 0 aromatic heterocycles. The van der Waals surface area contributed by atoms with E-state index in [2.05, 4.69) is 140 Å². The summed E-state index contributed by atoms with van der Waals surface area (Å²) < 4.78 is 0. The molecule has 2 aliphatic carbocycles. The summed E-state index contributed by atoms with van der Waals surface area (Å²) in [5, 5.41) is 15.5. The molecule has 2 N–H and O–H groups in total. The molecule has 0 heterocycles. The highest BCUT2D eigenvalue weighted by atomic mass is 16.3. The van der Waals surface area contributed by atoms with Gasteiger partial charge in [-0.2, -0.15) is 0 Å². The molecule has 8 heteroatoms. The summed E-state index contributed by atoms with van der Waals surface area (Å²) in [5.74, 6) is -1.53. The summed E-state index contributed by atoms with van der Waals surface area (Å²) in [6.45, 7) is 16.4. The van der Waals surface area contributed by atoms with Crippen LogP contribution in [0.3, 0.4) is 0 Å². The first-order valence-corrected chi connectivity index (χ1v) is 24.4. The molecule has 2 aliphatic rings. The van der Waals surface area contributed by atoms with Gasteiger partial charge < -0.3 is 20.2 Å². The molecule has 0 radical (unpaired) electrons. The van der Waals surface area contributed by atoms with Gasteiger partial charge in [0.25, 0.3) is 0 Å². The number of aryl methyl sites for hydroxylation is 4. The maximum atomic E-state index is 14.8. The summed E-state index contributed by atoms with van der Waals surface area (Å²) in [4.78, 5) is 52.1. The molecule has 68 heavy (non-hydrogen) atoms. The number of unbranched alkanes of at least 4 members (excludes halogenated alkanes) is 2. The number of ketones is 1. The number of aliphatic imine (C=N–C) groups is 1. The second-order valence-electron chi connectivity index (χ2n) is 18.3. The minimum absolute atomic E-state index is 0.0774. The van der Waals surface area contributed by atoms with Crippen LogP contribution in [0.25, 0.3) is 5.57 Å². The Morgan fingerprint density at radius 3 is 1.50 bits per heavy atom. The third-order valence-electron chi connectivity index (χ3n) is 13.1. The molecule has 0 aliphatic heterocycles. The number of carbonyl (C=O) groups excluding carboxylic acids is 3. The molecular weight excluding hydrogens is 841 g/mol. The zero-order chi connectivity index (χ0) is 48.5. The molecule has 5 aromatic carbocycles. The molecule has 0 saturated heterocycles. The normalized spacial score (nSPS) is 16.0. The Kier molecular flexibility index (Phi) is 15.9. The summed E-state index contributed by atoms with van der Waals surface area (Å²) in [6.07, 6.45) is 12.0. The van der Waals surface area contributed by atoms with Gasteiger partial charge in [-0.3, -0.25) is 14.4 Å². The molecule has 0 saturated carbocycles. The van der Waals surface area contributed by atoms with Crippen molar-refractivity contribution in [2.75, 3.05) is 15.1 Å². The quantitative estimate of drug-likeness (QED) is 0.0849. The number of hydrogen-bond donors (Lipinski definition) is 2. The summed E-state index contributed by atoms with van der Waals surface area (Å²) >= 11 is 0. The average molecular weight is 907 g/mol. The molecule has 0 fully saturated rings. The highest BCUT2D eigenvalue weighted by Crippen LogP contribution is 2.45. The molecular formula is C60H66N4O4. The largest absolute Gasteiger partial charge is 0.506 e. The zero-order valence-corrected chi connectivity index (χ0v) is 41.0. The summed E-state index contributed by atoms with van der Waals surface area (Å²) in [6, 6.07) is 38.6. The number of benzene rings is 5. The summed E-state index contributed by atoms with van der Waals surface area (Å²) in [7, 11) is 0. The Balaban J connectivity index is 1.38. The first-order valence-electron chi connectivity index (χ1n) is 24.4. The molecule has 2 unspecified atom stereocenters. The van der Waals surface area contributed by atoms with E-state index in [1.54, 1.807) is 6.08 Å². The van der Waals surface area contributed by atoms with Crippen LogP contribution in [0.2, 0.25) is 0 Å². The third kappa shape index (κ3) is 10.9. The van der Waals surface area contributed by atoms with Crippen LogP contribution in [0, 0.1) is 39.5 Å². The Labute approximate surface area is 403 Å². The Morgan fingerprint density at radius 1 is 0.588 bits per heavy atom. The number of aliphatic hydroxyl groups excluding tert-OH is 1. The van der Waals surface area contributed by atoms with Gasteiger partial charge in [0.1, 0.15) is 5.76 Å². The van der Waals surface area contributed by atoms with Crippen LogP contribution in [-0.2, 0) is 14.4 Å². The molecule has 2 amide bonds. The van der Waals surface area contributed by atoms with E-state index in [9.17, 15) is 19.5 Å². The number of amides is 2. The predicted molar refractivity (Wildman–Crippen MR) is 282 cm³/mol. The van der Waals surface area contributed by atoms with E-state index >= 15 is 0 Å². The molecule has 7 rings (SSSR count). The number of anilines is 6. The van der Waals surface area contributed by atoms with E-state index in [0.29, 0.717) is 41.8 Å². The standard InChI is InChI=1S/C60H66N4O4/c1-9-13-15-43(11-3)59(67)61-53-37-49(63(45-25-17-39(5)18-26-45)46-27-19-40(6)20-28-46)33-35-51(53)55-57(65)56(58(55)66)52-36-34-50(38-54(52)62-60(68)44(12-4)16-14-10-2)64(47-29-21-41(7)22-30-47)48-31-23-42(8)24-32-48/h17-38,43-44,65H,9-16H2,1-8H3,(H,61,67)/b56-52+,62-54+. The Hall–Kier alpha value is -7.06. The van der Waals surface area contributed by atoms with Gasteiger partial charge in [0.2, 0.25) is 17.6 Å². The number of carbonyl (C=O) groups is 3. The van der Waals surface area contributed by atoms with Crippen molar-refractivity contribution in [1.82, 2.24) is 0 Å². The number of nitrogens with zero attached hydrogens (tertiary/aromatic N) is 3. The van der Waals surface area contributed by atoms with E-state index in [1.165, 1.54) is 0 Å². The maximum Gasteiger partial charge on any atom is 0.249 e. The average Bonchev–Trinajstić information content (AvgIpc) is 3.33. The SMILES string of the molecule is CCCCC(CC)C(=O)/N=C1\C=C(N(c2ccc(C)cc2)c2ccc(C)cc2)C=C\C1=C1/C(=O)C(c2ccc(N(c3ccc(C)cc3)c3ccc(C)cc3)cc2NC(=O)C(CC)CCCC)=C1O. The van der Waals surface area contributed by atoms with E-state index in [0.717, 1.165) is 88.5 Å². The van der Waals surface area contributed by atoms with Gasteiger partial charge in [-0.25, -0.2) is 4.99 Å². The molecule has 0 spiro atoms. The molecule has 2 atom stereocenters. The second kappa shape index (κ2) is 22.2. The predicted octanol–water partition coefficient (Wildman–Crippen LogP) is 15.2. The number of rotatable bonds is 18. The van der Waals surface area contributed by atoms with Gasteiger partial charge in [-0.15, -0.1) is 0 Å². The van der Waals surface area contributed by atoms with Crippen molar-refractivity contribution < 1.29 is 19.5 Å². The number of hydrogen-bond acceptors (Lipinski definition) is 6. The highest BCUT2D eigenvalue weighted by molar-refractivity contribution is 6.42. The van der Waals surface area contributed by atoms with E-state index in [1.807, 2.05) is 58.0 Å². The zero-order valence-electron chi connectivity index (χ0n) is 41.0. The lowest BCUT2D eigenvalue weighted by atomic mass is 9.78. The number of nitrogens with one attached hydrogen (secondary N) is 1. The smallest absolute Gasteiger partial charge is 0.249 e.